The molecule has 0 heterocycles. The first-order valence-corrected chi connectivity index (χ1v) is 6.82. The maximum atomic E-state index is 12.1. The smallest absolute Gasteiger partial charge is 0.329 e. The van der Waals surface area contributed by atoms with Crippen LogP contribution in [0, 0.1) is 17.3 Å². The topological polar surface area (TPSA) is 66.4 Å². The van der Waals surface area contributed by atoms with Gasteiger partial charge in [0, 0.05) is 5.92 Å². The molecule has 2 rings (SSSR count). The lowest BCUT2D eigenvalue weighted by Gasteiger charge is -2.36. The molecular formula is C14H23NO3. The second-order valence-electron chi connectivity index (χ2n) is 6.80. The zero-order valence-electron chi connectivity index (χ0n) is 11.5. The average Bonchev–Trinajstić information content (AvgIpc) is 2.91. The van der Waals surface area contributed by atoms with E-state index in [0.29, 0.717) is 18.8 Å². The van der Waals surface area contributed by atoms with Gasteiger partial charge in [0.05, 0.1) is 0 Å². The van der Waals surface area contributed by atoms with Gasteiger partial charge in [-0.25, -0.2) is 4.79 Å². The summed E-state index contributed by atoms with van der Waals surface area (Å²) in [4.78, 5) is 23.6. The molecule has 2 N–H and O–H groups in total. The number of amides is 1. The Hall–Kier alpha value is -1.06. The van der Waals surface area contributed by atoms with Crippen LogP contribution >= 0.6 is 0 Å². The molecule has 2 saturated carbocycles. The predicted octanol–water partition coefficient (Wildman–Crippen LogP) is 2.18. The number of nitrogens with one attached hydrogen (secondary N) is 1. The van der Waals surface area contributed by atoms with E-state index in [1.54, 1.807) is 0 Å². The van der Waals surface area contributed by atoms with E-state index in [-0.39, 0.29) is 17.2 Å². The van der Waals surface area contributed by atoms with Crippen LogP contribution in [0.15, 0.2) is 0 Å². The van der Waals surface area contributed by atoms with Crippen molar-refractivity contribution in [2.45, 2.75) is 58.4 Å². The first-order chi connectivity index (χ1) is 8.27. The number of hydrogen-bond donors (Lipinski definition) is 2. The van der Waals surface area contributed by atoms with Crippen molar-refractivity contribution in [2.75, 3.05) is 0 Å². The first-order valence-electron chi connectivity index (χ1n) is 6.82. The first kappa shape index (κ1) is 13.4. The zero-order valence-corrected chi connectivity index (χ0v) is 11.5. The number of carboxylic acid groups (broad SMARTS) is 1. The number of hydrogen-bond acceptors (Lipinski definition) is 2. The number of carboxylic acids is 1. The minimum Gasteiger partial charge on any atom is -0.480 e. The van der Waals surface area contributed by atoms with E-state index in [2.05, 4.69) is 12.2 Å². The summed E-state index contributed by atoms with van der Waals surface area (Å²) >= 11 is 0. The predicted molar refractivity (Wildman–Crippen MR) is 68.0 cm³/mol. The molecule has 0 aromatic heterocycles. The molecule has 2 aliphatic rings. The molecule has 4 nitrogen and oxygen atoms in total. The zero-order chi connectivity index (χ0) is 13.6. The SMILES string of the molecule is CC1CCC(NC(=O)[C@H]2CC2(C)C)(C(=O)O)CC1. The lowest BCUT2D eigenvalue weighted by Crippen LogP contribution is -2.56. The molecule has 4 heteroatoms. The van der Waals surface area contributed by atoms with E-state index in [4.69, 9.17) is 0 Å². The van der Waals surface area contributed by atoms with Gasteiger partial charge in [-0.3, -0.25) is 4.79 Å². The van der Waals surface area contributed by atoms with Gasteiger partial charge in [0.2, 0.25) is 5.91 Å². The van der Waals surface area contributed by atoms with Gasteiger partial charge < -0.3 is 10.4 Å². The Bertz CT molecular complexity index is 367. The van der Waals surface area contributed by atoms with Crippen LogP contribution in [0.2, 0.25) is 0 Å². The monoisotopic (exact) mass is 253 g/mol. The van der Waals surface area contributed by atoms with Crippen molar-refractivity contribution in [1.29, 1.82) is 0 Å². The van der Waals surface area contributed by atoms with Gasteiger partial charge in [-0.2, -0.15) is 0 Å². The van der Waals surface area contributed by atoms with Crippen LogP contribution in [0.25, 0.3) is 0 Å². The Morgan fingerprint density at radius 2 is 1.72 bits per heavy atom. The van der Waals surface area contributed by atoms with Gasteiger partial charge in [0.25, 0.3) is 0 Å². The number of rotatable bonds is 3. The van der Waals surface area contributed by atoms with Gasteiger partial charge in [-0.15, -0.1) is 0 Å². The van der Waals surface area contributed by atoms with Crippen LogP contribution in [-0.4, -0.2) is 22.5 Å². The maximum Gasteiger partial charge on any atom is 0.329 e. The summed E-state index contributed by atoms with van der Waals surface area (Å²) in [5.41, 5.74) is -0.964. The molecule has 1 atom stereocenters. The standard InChI is InChI=1S/C14H23NO3/c1-9-4-6-14(7-5-9,12(17)18)15-11(16)10-8-13(10,2)3/h9-10H,4-8H2,1-3H3,(H,15,16)(H,17,18)/t9?,10-,14?/m1/s1. The number of carbonyl (C=O) groups excluding carboxylic acids is 1. The molecule has 2 aliphatic carbocycles. The van der Waals surface area contributed by atoms with Crippen LogP contribution in [0.1, 0.15) is 52.9 Å². The van der Waals surface area contributed by atoms with Crippen molar-refractivity contribution >= 4 is 11.9 Å². The summed E-state index contributed by atoms with van der Waals surface area (Å²) < 4.78 is 0. The quantitative estimate of drug-likeness (QED) is 0.810. The minimum absolute atomic E-state index is 0.00641. The maximum absolute atomic E-state index is 12.1. The molecule has 0 saturated heterocycles. The second-order valence-corrected chi connectivity index (χ2v) is 6.80. The largest absolute Gasteiger partial charge is 0.480 e. The summed E-state index contributed by atoms with van der Waals surface area (Å²) in [6.07, 6.45) is 3.73. The fourth-order valence-corrected chi connectivity index (χ4v) is 2.88. The molecular weight excluding hydrogens is 230 g/mol. The summed E-state index contributed by atoms with van der Waals surface area (Å²) in [5, 5.41) is 12.3. The number of carbonyl (C=O) groups is 2. The summed E-state index contributed by atoms with van der Waals surface area (Å²) in [5.74, 6) is -0.391. The van der Waals surface area contributed by atoms with Crippen molar-refractivity contribution in [3.8, 4) is 0 Å². The highest BCUT2D eigenvalue weighted by Gasteiger charge is 2.53. The van der Waals surface area contributed by atoms with E-state index in [1.807, 2.05) is 13.8 Å². The Morgan fingerprint density at radius 3 is 2.11 bits per heavy atom. The molecule has 0 aliphatic heterocycles. The van der Waals surface area contributed by atoms with Crippen molar-refractivity contribution in [3.05, 3.63) is 0 Å². The van der Waals surface area contributed by atoms with E-state index >= 15 is 0 Å². The summed E-state index contributed by atoms with van der Waals surface area (Å²) in [6, 6.07) is 0. The van der Waals surface area contributed by atoms with E-state index in [0.717, 1.165) is 19.3 Å². The van der Waals surface area contributed by atoms with Crippen LogP contribution in [-0.2, 0) is 9.59 Å². The van der Waals surface area contributed by atoms with Crippen LogP contribution in [0.4, 0.5) is 0 Å². The summed E-state index contributed by atoms with van der Waals surface area (Å²) in [6.45, 7) is 6.23. The van der Waals surface area contributed by atoms with Gasteiger partial charge >= 0.3 is 5.97 Å². The average molecular weight is 253 g/mol. The Morgan fingerprint density at radius 1 is 1.22 bits per heavy atom. The number of aliphatic carboxylic acids is 1. The van der Waals surface area contributed by atoms with Gasteiger partial charge in [-0.05, 0) is 43.4 Å². The highest BCUT2D eigenvalue weighted by molar-refractivity contribution is 5.89. The second kappa shape index (κ2) is 4.25. The minimum atomic E-state index is -1.01. The third-order valence-electron chi connectivity index (χ3n) is 4.73. The van der Waals surface area contributed by atoms with Gasteiger partial charge in [0.15, 0.2) is 0 Å². The Labute approximate surface area is 108 Å². The third kappa shape index (κ3) is 2.38. The highest BCUT2D eigenvalue weighted by Crippen LogP contribution is 2.52. The molecule has 0 unspecified atom stereocenters. The fourth-order valence-electron chi connectivity index (χ4n) is 2.88. The molecule has 0 radical (unpaired) electrons. The fraction of sp³-hybridized carbons (Fsp3) is 0.857. The molecule has 0 bridgehead atoms. The van der Waals surface area contributed by atoms with Crippen molar-refractivity contribution in [3.63, 3.8) is 0 Å². The van der Waals surface area contributed by atoms with Crippen LogP contribution < -0.4 is 5.32 Å². The van der Waals surface area contributed by atoms with E-state index < -0.39 is 11.5 Å². The molecule has 1 amide bonds. The molecule has 0 aromatic carbocycles. The third-order valence-corrected chi connectivity index (χ3v) is 4.73. The van der Waals surface area contributed by atoms with Crippen molar-refractivity contribution in [1.82, 2.24) is 5.32 Å². The van der Waals surface area contributed by atoms with Gasteiger partial charge in [-0.1, -0.05) is 20.8 Å². The lowest BCUT2D eigenvalue weighted by molar-refractivity contribution is -0.150. The lowest BCUT2D eigenvalue weighted by atomic mass is 9.77. The molecule has 18 heavy (non-hydrogen) atoms. The molecule has 0 aromatic rings. The Kier molecular flexibility index (Phi) is 3.16. The van der Waals surface area contributed by atoms with E-state index in [9.17, 15) is 14.7 Å². The van der Waals surface area contributed by atoms with E-state index in [1.165, 1.54) is 0 Å². The van der Waals surface area contributed by atoms with Crippen molar-refractivity contribution in [2.24, 2.45) is 17.3 Å². The normalized spacial score (nSPS) is 37.9. The Balaban J connectivity index is 2.03. The molecule has 102 valence electrons. The van der Waals surface area contributed by atoms with Crippen molar-refractivity contribution < 1.29 is 14.7 Å². The van der Waals surface area contributed by atoms with Gasteiger partial charge in [0.1, 0.15) is 5.54 Å². The highest BCUT2D eigenvalue weighted by atomic mass is 16.4. The molecule has 2 fully saturated rings. The van der Waals surface area contributed by atoms with Crippen LogP contribution in [0.3, 0.4) is 0 Å². The molecule has 0 spiro atoms. The van der Waals surface area contributed by atoms with Crippen LogP contribution in [0.5, 0.6) is 0 Å². The summed E-state index contributed by atoms with van der Waals surface area (Å²) in [7, 11) is 0.